The van der Waals surface area contributed by atoms with E-state index < -0.39 is 5.95 Å². The molecule has 4 nitrogen and oxygen atoms in total. The van der Waals surface area contributed by atoms with Gasteiger partial charge in [0.25, 0.3) is 0 Å². The normalized spacial score (nSPS) is 12.2. The molecule has 1 heterocycles. The highest BCUT2D eigenvalue weighted by molar-refractivity contribution is 5.30. The Balaban J connectivity index is 2.02. The highest BCUT2D eigenvalue weighted by Gasteiger charge is 2.04. The molecule has 0 fully saturated rings. The van der Waals surface area contributed by atoms with E-state index in [0.29, 0.717) is 12.2 Å². The van der Waals surface area contributed by atoms with E-state index in [9.17, 15) is 4.39 Å². The zero-order valence-corrected chi connectivity index (χ0v) is 10.3. The Morgan fingerprint density at radius 3 is 2.58 bits per heavy atom. The first-order chi connectivity index (χ1) is 9.17. The second-order valence-corrected chi connectivity index (χ2v) is 4.19. The van der Waals surface area contributed by atoms with E-state index in [-0.39, 0.29) is 18.5 Å². The first-order valence-corrected chi connectivity index (χ1v) is 5.93. The van der Waals surface area contributed by atoms with Crippen LogP contribution in [0.5, 0.6) is 11.6 Å². The molecular weight excluding hydrogens is 247 g/mol. The van der Waals surface area contributed by atoms with Gasteiger partial charge in [-0.3, -0.25) is 0 Å². The Kier molecular flexibility index (Phi) is 4.43. The molecule has 0 aliphatic carbocycles. The van der Waals surface area contributed by atoms with Crippen molar-refractivity contribution in [2.75, 3.05) is 6.61 Å². The van der Waals surface area contributed by atoms with E-state index in [2.05, 4.69) is 4.98 Å². The van der Waals surface area contributed by atoms with Crippen LogP contribution in [0.25, 0.3) is 0 Å². The minimum Gasteiger partial charge on any atom is -0.439 e. The fourth-order valence-electron chi connectivity index (χ4n) is 1.63. The van der Waals surface area contributed by atoms with Gasteiger partial charge in [-0.25, -0.2) is 0 Å². The number of hydrogen-bond acceptors (Lipinski definition) is 4. The Morgan fingerprint density at radius 2 is 1.95 bits per heavy atom. The second-order valence-electron chi connectivity index (χ2n) is 4.19. The zero-order valence-electron chi connectivity index (χ0n) is 10.3. The molecule has 0 unspecified atom stereocenters. The van der Waals surface area contributed by atoms with Crippen LogP contribution in [0, 0.1) is 5.95 Å². The number of hydrogen-bond donors (Lipinski definition) is 2. The van der Waals surface area contributed by atoms with Crippen molar-refractivity contribution in [2.24, 2.45) is 5.73 Å². The van der Waals surface area contributed by atoms with Crippen molar-refractivity contribution in [3.63, 3.8) is 0 Å². The highest BCUT2D eigenvalue weighted by atomic mass is 19.1. The van der Waals surface area contributed by atoms with Gasteiger partial charge in [-0.15, -0.1) is 0 Å². The number of nitrogens with two attached hydrogens (primary N) is 1. The third kappa shape index (κ3) is 4.01. The van der Waals surface area contributed by atoms with Gasteiger partial charge in [-0.1, -0.05) is 18.2 Å². The summed E-state index contributed by atoms with van der Waals surface area (Å²) >= 11 is 0. The first-order valence-electron chi connectivity index (χ1n) is 5.93. The third-order valence-electron chi connectivity index (χ3n) is 2.57. The molecule has 0 aliphatic rings. The molecular formula is C14H15FN2O2. The summed E-state index contributed by atoms with van der Waals surface area (Å²) in [6.45, 7) is -0.0501. The number of aromatic nitrogens is 1. The lowest BCUT2D eigenvalue weighted by Gasteiger charge is -2.09. The standard InChI is InChI=1S/C14H15FN2O2/c15-13-2-1-3-14(17-13)19-12-6-4-10(5-7-12)8-11(16)9-18/h1-7,11,18H,8-9,16H2/t11-/m0/s1. The molecule has 19 heavy (non-hydrogen) atoms. The molecule has 0 amide bonds. The summed E-state index contributed by atoms with van der Waals surface area (Å²) in [4.78, 5) is 3.61. The van der Waals surface area contributed by atoms with Gasteiger partial charge in [0, 0.05) is 12.1 Å². The quantitative estimate of drug-likeness (QED) is 0.807. The number of benzene rings is 1. The van der Waals surface area contributed by atoms with Gasteiger partial charge in [0.15, 0.2) is 0 Å². The second kappa shape index (κ2) is 6.26. The zero-order chi connectivity index (χ0) is 13.7. The third-order valence-corrected chi connectivity index (χ3v) is 2.57. The van der Waals surface area contributed by atoms with Crippen molar-refractivity contribution >= 4 is 0 Å². The summed E-state index contributed by atoms with van der Waals surface area (Å²) in [5.74, 6) is 0.197. The van der Waals surface area contributed by atoms with Crippen LogP contribution in [0.4, 0.5) is 4.39 Å². The minimum atomic E-state index is -0.581. The predicted molar refractivity (Wildman–Crippen MR) is 69.5 cm³/mol. The Labute approximate surface area is 110 Å². The van der Waals surface area contributed by atoms with Crippen LogP contribution in [0.2, 0.25) is 0 Å². The Morgan fingerprint density at radius 1 is 1.21 bits per heavy atom. The predicted octanol–water partition coefficient (Wildman–Crippen LogP) is 1.88. The van der Waals surface area contributed by atoms with E-state index in [1.54, 1.807) is 18.2 Å². The molecule has 2 aromatic rings. The molecule has 1 aromatic carbocycles. The SMILES string of the molecule is N[C@H](CO)Cc1ccc(Oc2cccc(F)n2)cc1. The van der Waals surface area contributed by atoms with Crippen molar-refractivity contribution in [3.05, 3.63) is 54.0 Å². The lowest BCUT2D eigenvalue weighted by Crippen LogP contribution is -2.26. The average Bonchev–Trinajstić information content (AvgIpc) is 2.41. The summed E-state index contributed by atoms with van der Waals surface area (Å²) in [5, 5.41) is 8.88. The maximum Gasteiger partial charge on any atom is 0.221 e. The molecule has 1 atom stereocenters. The Bertz CT molecular complexity index is 531. The van der Waals surface area contributed by atoms with Crippen LogP contribution in [0.15, 0.2) is 42.5 Å². The maximum absolute atomic E-state index is 12.9. The van der Waals surface area contributed by atoms with Gasteiger partial charge in [0.05, 0.1) is 6.61 Å². The number of pyridine rings is 1. The van der Waals surface area contributed by atoms with Gasteiger partial charge in [-0.2, -0.15) is 9.37 Å². The Hall–Kier alpha value is -1.98. The molecule has 1 aromatic heterocycles. The topological polar surface area (TPSA) is 68.4 Å². The number of nitrogens with zero attached hydrogens (tertiary/aromatic N) is 1. The lowest BCUT2D eigenvalue weighted by atomic mass is 10.1. The smallest absolute Gasteiger partial charge is 0.221 e. The van der Waals surface area contributed by atoms with Crippen molar-refractivity contribution < 1.29 is 14.2 Å². The van der Waals surface area contributed by atoms with E-state index in [1.807, 2.05) is 12.1 Å². The number of aliphatic hydroxyl groups is 1. The van der Waals surface area contributed by atoms with Crippen LogP contribution in [0.1, 0.15) is 5.56 Å². The van der Waals surface area contributed by atoms with Crippen LogP contribution < -0.4 is 10.5 Å². The van der Waals surface area contributed by atoms with Gasteiger partial charge in [0.2, 0.25) is 11.8 Å². The fraction of sp³-hybridized carbons (Fsp3) is 0.214. The van der Waals surface area contributed by atoms with Crippen LogP contribution >= 0.6 is 0 Å². The molecule has 0 saturated heterocycles. The highest BCUT2D eigenvalue weighted by Crippen LogP contribution is 2.20. The summed E-state index contributed by atoms with van der Waals surface area (Å²) in [6.07, 6.45) is 0.592. The molecule has 5 heteroatoms. The number of rotatable bonds is 5. The fourth-order valence-corrected chi connectivity index (χ4v) is 1.63. The number of aliphatic hydroxyl groups excluding tert-OH is 1. The monoisotopic (exact) mass is 262 g/mol. The van der Waals surface area contributed by atoms with Crippen LogP contribution in [-0.4, -0.2) is 22.7 Å². The summed E-state index contributed by atoms with van der Waals surface area (Å²) in [6, 6.07) is 11.3. The van der Waals surface area contributed by atoms with Crippen molar-refractivity contribution in [1.82, 2.24) is 4.98 Å². The molecule has 2 rings (SSSR count). The minimum absolute atomic E-state index is 0.0501. The van der Waals surface area contributed by atoms with Crippen molar-refractivity contribution in [1.29, 1.82) is 0 Å². The summed E-state index contributed by atoms with van der Waals surface area (Å²) < 4.78 is 18.3. The van der Waals surface area contributed by atoms with E-state index in [4.69, 9.17) is 15.6 Å². The van der Waals surface area contributed by atoms with E-state index in [1.165, 1.54) is 12.1 Å². The lowest BCUT2D eigenvalue weighted by molar-refractivity contribution is 0.265. The van der Waals surface area contributed by atoms with Gasteiger partial charge < -0.3 is 15.6 Å². The van der Waals surface area contributed by atoms with Crippen LogP contribution in [0.3, 0.4) is 0 Å². The van der Waals surface area contributed by atoms with E-state index >= 15 is 0 Å². The molecule has 100 valence electrons. The van der Waals surface area contributed by atoms with E-state index in [0.717, 1.165) is 5.56 Å². The summed E-state index contributed by atoms with van der Waals surface area (Å²) in [5.41, 5.74) is 6.65. The molecule has 0 radical (unpaired) electrons. The average molecular weight is 262 g/mol. The number of ether oxygens (including phenoxy) is 1. The number of halogens is 1. The molecule has 0 saturated carbocycles. The molecule has 3 N–H and O–H groups in total. The van der Waals surface area contributed by atoms with Gasteiger partial charge in [0.1, 0.15) is 5.75 Å². The largest absolute Gasteiger partial charge is 0.439 e. The molecule has 0 bridgehead atoms. The van der Waals surface area contributed by atoms with Crippen LogP contribution in [-0.2, 0) is 6.42 Å². The van der Waals surface area contributed by atoms with Crippen molar-refractivity contribution in [3.8, 4) is 11.6 Å². The first kappa shape index (κ1) is 13.5. The van der Waals surface area contributed by atoms with Gasteiger partial charge >= 0.3 is 0 Å². The maximum atomic E-state index is 12.9. The van der Waals surface area contributed by atoms with Crippen molar-refractivity contribution in [2.45, 2.75) is 12.5 Å². The summed E-state index contributed by atoms with van der Waals surface area (Å²) in [7, 11) is 0. The molecule has 0 spiro atoms. The molecule has 0 aliphatic heterocycles. The van der Waals surface area contributed by atoms with Gasteiger partial charge in [-0.05, 0) is 30.2 Å².